The first kappa shape index (κ1) is 21.1. The number of hydrogen-bond acceptors (Lipinski definition) is 1. The van der Waals surface area contributed by atoms with E-state index in [1.807, 2.05) is 12.1 Å². The zero-order valence-corrected chi connectivity index (χ0v) is 18.6. The highest BCUT2D eigenvalue weighted by Gasteiger charge is 2.52. The Morgan fingerprint density at radius 1 is 0.929 bits per heavy atom. The molecule has 2 aliphatic rings. The van der Waals surface area contributed by atoms with Gasteiger partial charge in [-0.3, -0.25) is 0 Å². The smallest absolute Gasteiger partial charge is 0.107 e. The number of nitriles is 1. The van der Waals surface area contributed by atoms with Gasteiger partial charge in [-0.2, -0.15) is 5.26 Å². The predicted octanol–water partition coefficient (Wildman–Crippen LogP) is 2.30. The largest absolute Gasteiger partial charge is 1.00 e. The minimum atomic E-state index is -0.542. The lowest BCUT2D eigenvalue weighted by atomic mass is 9.67. The van der Waals surface area contributed by atoms with Crippen molar-refractivity contribution >= 4 is 0 Å². The molecular formula is C25H31BrN2. The summed E-state index contributed by atoms with van der Waals surface area (Å²) >= 11 is 0. The van der Waals surface area contributed by atoms with Gasteiger partial charge in [0.2, 0.25) is 0 Å². The van der Waals surface area contributed by atoms with E-state index in [9.17, 15) is 5.26 Å². The first-order valence-corrected chi connectivity index (χ1v) is 10.5. The van der Waals surface area contributed by atoms with Crippen LogP contribution in [0.2, 0.25) is 0 Å². The molecule has 2 bridgehead atoms. The lowest BCUT2D eigenvalue weighted by Crippen LogP contribution is -3.00. The molecule has 2 saturated heterocycles. The predicted molar refractivity (Wildman–Crippen MR) is 110 cm³/mol. The lowest BCUT2D eigenvalue weighted by molar-refractivity contribution is -0.948. The Morgan fingerprint density at radius 3 is 1.79 bits per heavy atom. The molecule has 2 aromatic rings. The lowest BCUT2D eigenvalue weighted by Gasteiger charge is -2.47. The zero-order valence-electron chi connectivity index (χ0n) is 17.0. The van der Waals surface area contributed by atoms with E-state index in [0.717, 1.165) is 29.6 Å². The summed E-state index contributed by atoms with van der Waals surface area (Å²) < 4.78 is 1.26. The minimum Gasteiger partial charge on any atom is -1.00 e. The van der Waals surface area contributed by atoms with E-state index in [0.29, 0.717) is 5.92 Å². The van der Waals surface area contributed by atoms with Crippen LogP contribution in [0.15, 0.2) is 60.7 Å². The van der Waals surface area contributed by atoms with Gasteiger partial charge in [0.1, 0.15) is 5.41 Å². The van der Waals surface area contributed by atoms with Crippen molar-refractivity contribution in [1.82, 2.24) is 0 Å². The molecule has 0 aliphatic carbocycles. The fourth-order valence-corrected chi connectivity index (χ4v) is 5.99. The molecule has 3 heteroatoms. The third-order valence-corrected chi connectivity index (χ3v) is 7.71. The SMILES string of the molecule is CC[N+]1(C)[C@@H]2CC[C@H]1C[C@@H](CC(C#N)(c1ccccc1)c1ccccc1)C2.[Br-]. The van der Waals surface area contributed by atoms with Gasteiger partial charge in [-0.1, -0.05) is 60.7 Å². The Balaban J connectivity index is 0.00000225. The summed E-state index contributed by atoms with van der Waals surface area (Å²) in [5, 5.41) is 10.5. The summed E-state index contributed by atoms with van der Waals surface area (Å²) in [6.07, 6.45) is 6.20. The van der Waals surface area contributed by atoms with Crippen LogP contribution in [-0.4, -0.2) is 30.2 Å². The third kappa shape index (κ3) is 3.42. The molecule has 148 valence electrons. The van der Waals surface area contributed by atoms with Crippen LogP contribution >= 0.6 is 0 Å². The average Bonchev–Trinajstić information content (AvgIpc) is 2.90. The second-order valence-corrected chi connectivity index (χ2v) is 8.84. The molecule has 4 rings (SSSR count). The zero-order chi connectivity index (χ0) is 18.9. The minimum absolute atomic E-state index is 0. The van der Waals surface area contributed by atoms with Crippen molar-refractivity contribution in [2.75, 3.05) is 13.6 Å². The molecule has 4 atom stereocenters. The number of fused-ring (bicyclic) bond motifs is 2. The summed E-state index contributed by atoms with van der Waals surface area (Å²) in [4.78, 5) is 0. The maximum Gasteiger partial charge on any atom is 0.107 e. The van der Waals surface area contributed by atoms with Crippen LogP contribution in [0.25, 0.3) is 0 Å². The number of piperidine rings is 1. The van der Waals surface area contributed by atoms with Crippen LogP contribution in [0.3, 0.4) is 0 Å². The normalized spacial score (nSPS) is 29.0. The van der Waals surface area contributed by atoms with Crippen molar-refractivity contribution in [2.45, 2.75) is 56.5 Å². The molecule has 0 spiro atoms. The third-order valence-electron chi connectivity index (χ3n) is 7.71. The van der Waals surface area contributed by atoms with Gasteiger partial charge in [0.05, 0.1) is 31.7 Å². The topological polar surface area (TPSA) is 23.8 Å². The van der Waals surface area contributed by atoms with Crippen molar-refractivity contribution < 1.29 is 21.5 Å². The molecule has 2 nitrogen and oxygen atoms in total. The molecule has 0 aromatic heterocycles. The molecular weight excluding hydrogens is 408 g/mol. The van der Waals surface area contributed by atoms with Crippen LogP contribution in [0.4, 0.5) is 0 Å². The first-order chi connectivity index (χ1) is 13.1. The summed E-state index contributed by atoms with van der Waals surface area (Å²) in [6.45, 7) is 3.59. The van der Waals surface area contributed by atoms with E-state index in [1.54, 1.807) is 0 Å². The Bertz CT molecular complexity index is 758. The highest BCUT2D eigenvalue weighted by atomic mass is 79.9. The monoisotopic (exact) mass is 438 g/mol. The highest BCUT2D eigenvalue weighted by Crippen LogP contribution is 2.48. The van der Waals surface area contributed by atoms with Gasteiger partial charge in [-0.15, -0.1) is 0 Å². The quantitative estimate of drug-likeness (QED) is 0.656. The van der Waals surface area contributed by atoms with Crippen LogP contribution in [0.1, 0.15) is 50.2 Å². The Hall–Kier alpha value is -1.63. The van der Waals surface area contributed by atoms with Gasteiger partial charge in [0.15, 0.2) is 0 Å². The second kappa shape index (κ2) is 8.39. The summed E-state index contributed by atoms with van der Waals surface area (Å²) in [7, 11) is 2.46. The van der Waals surface area contributed by atoms with Gasteiger partial charge in [-0.05, 0) is 30.4 Å². The molecule has 0 radical (unpaired) electrons. The van der Waals surface area contributed by atoms with E-state index >= 15 is 0 Å². The molecule has 2 heterocycles. The Kier molecular flexibility index (Phi) is 6.32. The second-order valence-electron chi connectivity index (χ2n) is 8.84. The van der Waals surface area contributed by atoms with Crippen molar-refractivity contribution in [2.24, 2.45) is 5.92 Å². The highest BCUT2D eigenvalue weighted by molar-refractivity contribution is 5.45. The fourth-order valence-electron chi connectivity index (χ4n) is 5.99. The Morgan fingerprint density at radius 2 is 1.39 bits per heavy atom. The molecule has 2 aliphatic heterocycles. The summed E-state index contributed by atoms with van der Waals surface area (Å²) in [5.41, 5.74) is 1.74. The maximum atomic E-state index is 10.5. The van der Waals surface area contributed by atoms with Crippen LogP contribution < -0.4 is 17.0 Å². The summed E-state index contributed by atoms with van der Waals surface area (Å²) in [6, 6.07) is 25.3. The van der Waals surface area contributed by atoms with E-state index in [4.69, 9.17) is 0 Å². The van der Waals surface area contributed by atoms with E-state index in [-0.39, 0.29) is 17.0 Å². The molecule has 0 amide bonds. The number of quaternary nitrogens is 1. The number of rotatable bonds is 5. The average molecular weight is 439 g/mol. The van der Waals surface area contributed by atoms with Gasteiger partial charge in [0.25, 0.3) is 0 Å². The van der Waals surface area contributed by atoms with Crippen molar-refractivity contribution in [1.29, 1.82) is 5.26 Å². The van der Waals surface area contributed by atoms with E-state index in [2.05, 4.69) is 68.6 Å². The molecule has 2 aromatic carbocycles. The van der Waals surface area contributed by atoms with Crippen molar-refractivity contribution in [3.05, 3.63) is 71.8 Å². The maximum absolute atomic E-state index is 10.5. The fraction of sp³-hybridized carbons (Fsp3) is 0.480. The van der Waals surface area contributed by atoms with Gasteiger partial charge < -0.3 is 21.5 Å². The van der Waals surface area contributed by atoms with E-state index < -0.39 is 5.41 Å². The van der Waals surface area contributed by atoms with Crippen LogP contribution in [0.5, 0.6) is 0 Å². The number of halogens is 1. The van der Waals surface area contributed by atoms with Gasteiger partial charge >= 0.3 is 0 Å². The van der Waals surface area contributed by atoms with Crippen LogP contribution in [-0.2, 0) is 5.41 Å². The van der Waals surface area contributed by atoms with Gasteiger partial charge in [0, 0.05) is 25.7 Å². The summed E-state index contributed by atoms with van der Waals surface area (Å²) in [5.74, 6) is 0.625. The molecule has 28 heavy (non-hydrogen) atoms. The first-order valence-electron chi connectivity index (χ1n) is 10.5. The Labute approximate surface area is 180 Å². The molecule has 0 saturated carbocycles. The van der Waals surface area contributed by atoms with E-state index in [1.165, 1.54) is 36.7 Å². The standard InChI is InChI=1S/C25H31N2.BrH/c1-3-27(2)23-14-15-24(27)17-20(16-23)18-25(19-26,21-10-6-4-7-11-21)22-12-8-5-9-13-22;/h4-13,20,23-24H,3,14-18H2,1-2H3;1H/q+1;/p-1/t20-,23+,24-,27?;. The van der Waals surface area contributed by atoms with Crippen molar-refractivity contribution in [3.63, 3.8) is 0 Å². The van der Waals surface area contributed by atoms with Gasteiger partial charge in [-0.25, -0.2) is 0 Å². The number of hydrogen-bond donors (Lipinski definition) is 0. The number of benzene rings is 2. The molecule has 2 fully saturated rings. The number of nitrogens with zero attached hydrogens (tertiary/aromatic N) is 2. The molecule has 1 unspecified atom stereocenters. The van der Waals surface area contributed by atoms with Crippen LogP contribution in [0, 0.1) is 17.2 Å². The van der Waals surface area contributed by atoms with Crippen molar-refractivity contribution in [3.8, 4) is 6.07 Å². The molecule has 0 N–H and O–H groups in total.